The van der Waals surface area contributed by atoms with Crippen molar-refractivity contribution in [2.45, 2.75) is 38.5 Å². The zero-order valence-corrected chi connectivity index (χ0v) is 14.5. The molecule has 0 aromatic heterocycles. The van der Waals surface area contributed by atoms with Crippen LogP contribution in [0.1, 0.15) is 42.5 Å². The van der Waals surface area contributed by atoms with Gasteiger partial charge in [0.25, 0.3) is 0 Å². The average Bonchev–Trinajstić information content (AvgIpc) is 2.63. The number of rotatable bonds is 8. The number of halogens is 3. The van der Waals surface area contributed by atoms with Gasteiger partial charge in [-0.2, -0.15) is 18.4 Å². The maximum atomic E-state index is 12.8. The van der Waals surface area contributed by atoms with Crippen LogP contribution in [0.2, 0.25) is 0 Å². The standard InChI is InChI=1S/C20H21F3N2O/c1-15(17-7-5-8-18(13-17)20(21,22)23)25-14-16-6-4-9-19(12-16)26-11-3-2-10-24/h4-9,12-13,15,25H,2-3,11,14H2,1H3. The Balaban J connectivity index is 1.93. The fourth-order valence-corrected chi connectivity index (χ4v) is 2.46. The number of hydrogen-bond donors (Lipinski definition) is 1. The molecule has 26 heavy (non-hydrogen) atoms. The third kappa shape index (κ3) is 6.08. The van der Waals surface area contributed by atoms with Crippen LogP contribution in [-0.2, 0) is 12.7 Å². The molecule has 0 saturated heterocycles. The van der Waals surface area contributed by atoms with E-state index in [0.717, 1.165) is 11.6 Å². The van der Waals surface area contributed by atoms with Crippen molar-refractivity contribution in [3.8, 4) is 11.8 Å². The van der Waals surface area contributed by atoms with Crippen molar-refractivity contribution in [1.29, 1.82) is 5.26 Å². The van der Waals surface area contributed by atoms with Gasteiger partial charge in [0.1, 0.15) is 5.75 Å². The first-order valence-electron chi connectivity index (χ1n) is 8.39. The Kier molecular flexibility index (Phi) is 7.05. The SMILES string of the molecule is CC(NCc1cccc(OCCCC#N)c1)c1cccc(C(F)(F)F)c1. The van der Waals surface area contributed by atoms with Crippen LogP contribution >= 0.6 is 0 Å². The molecule has 0 heterocycles. The third-order valence-corrected chi connectivity index (χ3v) is 3.93. The molecule has 2 aromatic carbocycles. The van der Waals surface area contributed by atoms with Crippen molar-refractivity contribution in [2.75, 3.05) is 6.61 Å². The second-order valence-electron chi connectivity index (χ2n) is 5.98. The minimum atomic E-state index is -4.34. The summed E-state index contributed by atoms with van der Waals surface area (Å²) < 4.78 is 44.1. The zero-order chi connectivity index (χ0) is 19.0. The molecule has 0 spiro atoms. The van der Waals surface area contributed by atoms with E-state index in [0.29, 0.717) is 37.3 Å². The highest BCUT2D eigenvalue weighted by molar-refractivity contribution is 5.30. The monoisotopic (exact) mass is 362 g/mol. The first-order valence-corrected chi connectivity index (χ1v) is 8.39. The van der Waals surface area contributed by atoms with Gasteiger partial charge in [-0.05, 0) is 48.7 Å². The Morgan fingerprint density at radius 1 is 1.15 bits per heavy atom. The second kappa shape index (κ2) is 9.25. The van der Waals surface area contributed by atoms with Crippen LogP contribution in [0.25, 0.3) is 0 Å². The molecule has 3 nitrogen and oxygen atoms in total. The van der Waals surface area contributed by atoms with E-state index in [1.165, 1.54) is 12.1 Å². The van der Waals surface area contributed by atoms with Crippen LogP contribution in [0.3, 0.4) is 0 Å². The minimum Gasteiger partial charge on any atom is -0.494 e. The Morgan fingerprint density at radius 3 is 2.65 bits per heavy atom. The van der Waals surface area contributed by atoms with Crippen molar-refractivity contribution >= 4 is 0 Å². The van der Waals surface area contributed by atoms with Gasteiger partial charge in [-0.25, -0.2) is 0 Å². The van der Waals surface area contributed by atoms with E-state index in [4.69, 9.17) is 10.00 Å². The van der Waals surface area contributed by atoms with E-state index in [1.54, 1.807) is 6.07 Å². The molecule has 6 heteroatoms. The molecule has 138 valence electrons. The summed E-state index contributed by atoms with van der Waals surface area (Å²) >= 11 is 0. The van der Waals surface area contributed by atoms with Gasteiger partial charge in [0.2, 0.25) is 0 Å². The molecule has 0 aliphatic heterocycles. The fraction of sp³-hybridized carbons (Fsp3) is 0.350. The van der Waals surface area contributed by atoms with Crippen LogP contribution in [-0.4, -0.2) is 6.61 Å². The first-order chi connectivity index (χ1) is 12.4. The highest BCUT2D eigenvalue weighted by Crippen LogP contribution is 2.30. The largest absolute Gasteiger partial charge is 0.494 e. The zero-order valence-electron chi connectivity index (χ0n) is 14.5. The molecule has 0 aliphatic carbocycles. The maximum absolute atomic E-state index is 12.8. The second-order valence-corrected chi connectivity index (χ2v) is 5.98. The van der Waals surface area contributed by atoms with Crippen molar-refractivity contribution < 1.29 is 17.9 Å². The summed E-state index contributed by atoms with van der Waals surface area (Å²) in [6.45, 7) is 2.82. The fourth-order valence-electron chi connectivity index (χ4n) is 2.46. The van der Waals surface area contributed by atoms with E-state index in [2.05, 4.69) is 11.4 Å². The molecule has 0 fully saturated rings. The number of hydrogen-bond acceptors (Lipinski definition) is 3. The van der Waals surface area contributed by atoms with Gasteiger partial charge in [-0.15, -0.1) is 0 Å². The highest BCUT2D eigenvalue weighted by atomic mass is 19.4. The van der Waals surface area contributed by atoms with Crippen LogP contribution in [0, 0.1) is 11.3 Å². The summed E-state index contributed by atoms with van der Waals surface area (Å²) in [5.74, 6) is 0.717. The summed E-state index contributed by atoms with van der Waals surface area (Å²) in [6, 6.07) is 14.7. The summed E-state index contributed by atoms with van der Waals surface area (Å²) in [5.41, 5.74) is 0.918. The number of nitrogens with zero attached hydrogens (tertiary/aromatic N) is 1. The summed E-state index contributed by atoms with van der Waals surface area (Å²) in [5, 5.41) is 11.7. The van der Waals surface area contributed by atoms with Gasteiger partial charge in [0, 0.05) is 19.0 Å². The Labute approximate surface area is 151 Å². The number of nitrogens with one attached hydrogen (secondary N) is 1. The van der Waals surface area contributed by atoms with Gasteiger partial charge < -0.3 is 10.1 Å². The number of unbranched alkanes of at least 4 members (excludes halogenated alkanes) is 1. The molecule has 1 atom stereocenters. The molecule has 2 aromatic rings. The lowest BCUT2D eigenvalue weighted by Gasteiger charge is -2.16. The lowest BCUT2D eigenvalue weighted by molar-refractivity contribution is -0.137. The van der Waals surface area contributed by atoms with Crippen molar-refractivity contribution in [2.24, 2.45) is 0 Å². The van der Waals surface area contributed by atoms with Crippen LogP contribution in [0.15, 0.2) is 48.5 Å². The van der Waals surface area contributed by atoms with Crippen LogP contribution < -0.4 is 10.1 Å². The third-order valence-electron chi connectivity index (χ3n) is 3.93. The molecule has 0 bridgehead atoms. The summed E-state index contributed by atoms with van der Waals surface area (Å²) in [6.07, 6.45) is -3.21. The maximum Gasteiger partial charge on any atom is 0.416 e. The molecule has 0 saturated carbocycles. The summed E-state index contributed by atoms with van der Waals surface area (Å²) in [4.78, 5) is 0. The first kappa shape index (κ1) is 19.8. The quantitative estimate of drug-likeness (QED) is 0.653. The molecular weight excluding hydrogens is 341 g/mol. The number of ether oxygens (including phenoxy) is 1. The lowest BCUT2D eigenvalue weighted by Crippen LogP contribution is -2.18. The lowest BCUT2D eigenvalue weighted by atomic mass is 10.0. The molecule has 1 unspecified atom stereocenters. The number of nitriles is 1. The van der Waals surface area contributed by atoms with E-state index in [1.807, 2.05) is 31.2 Å². The Morgan fingerprint density at radius 2 is 1.92 bits per heavy atom. The molecule has 0 aliphatic rings. The van der Waals surface area contributed by atoms with Crippen molar-refractivity contribution in [3.63, 3.8) is 0 Å². The van der Waals surface area contributed by atoms with Crippen molar-refractivity contribution in [1.82, 2.24) is 5.32 Å². The Hall–Kier alpha value is -2.52. The van der Waals surface area contributed by atoms with E-state index in [-0.39, 0.29) is 6.04 Å². The van der Waals surface area contributed by atoms with E-state index < -0.39 is 11.7 Å². The average molecular weight is 362 g/mol. The van der Waals surface area contributed by atoms with Gasteiger partial charge in [-0.3, -0.25) is 0 Å². The summed E-state index contributed by atoms with van der Waals surface area (Å²) in [7, 11) is 0. The number of benzene rings is 2. The van der Waals surface area contributed by atoms with Gasteiger partial charge in [-0.1, -0.05) is 24.3 Å². The Bertz CT molecular complexity index is 753. The predicted molar refractivity (Wildman–Crippen MR) is 93.5 cm³/mol. The molecular formula is C20H21F3N2O. The van der Waals surface area contributed by atoms with Gasteiger partial charge in [0.15, 0.2) is 0 Å². The van der Waals surface area contributed by atoms with Gasteiger partial charge >= 0.3 is 6.18 Å². The topological polar surface area (TPSA) is 45.0 Å². The molecule has 1 N–H and O–H groups in total. The van der Waals surface area contributed by atoms with E-state index >= 15 is 0 Å². The molecule has 0 amide bonds. The van der Waals surface area contributed by atoms with Crippen LogP contribution in [0.4, 0.5) is 13.2 Å². The van der Waals surface area contributed by atoms with Crippen molar-refractivity contribution in [3.05, 3.63) is 65.2 Å². The van der Waals surface area contributed by atoms with Crippen LogP contribution in [0.5, 0.6) is 5.75 Å². The smallest absolute Gasteiger partial charge is 0.416 e. The van der Waals surface area contributed by atoms with Gasteiger partial charge in [0.05, 0.1) is 18.2 Å². The molecule has 0 radical (unpaired) electrons. The predicted octanol–water partition coefficient (Wildman–Crippen LogP) is 5.24. The normalized spacial score (nSPS) is 12.4. The van der Waals surface area contributed by atoms with E-state index in [9.17, 15) is 13.2 Å². The highest BCUT2D eigenvalue weighted by Gasteiger charge is 2.30. The number of alkyl halides is 3. The minimum absolute atomic E-state index is 0.225. The molecule has 2 rings (SSSR count).